The Bertz CT molecular complexity index is 513. The molecule has 11 heteroatoms. The number of nitrogens with two attached hydrogens (primary N) is 1. The third kappa shape index (κ3) is 10.4. The number of aliphatic carboxylic acids is 1. The maximum atomic E-state index is 11.9. The highest BCUT2D eigenvalue weighted by molar-refractivity contribution is 7.80. The van der Waals surface area contributed by atoms with Gasteiger partial charge in [-0.15, -0.1) is 0 Å². The van der Waals surface area contributed by atoms with Gasteiger partial charge in [0.1, 0.15) is 18.6 Å². The lowest BCUT2D eigenvalue weighted by molar-refractivity contribution is -0.159. The number of carboxylic acids is 1. The Morgan fingerprint density at radius 2 is 1.80 bits per heavy atom. The van der Waals surface area contributed by atoms with Gasteiger partial charge in [-0.25, -0.2) is 4.79 Å². The van der Waals surface area contributed by atoms with Crippen LogP contribution < -0.4 is 16.4 Å². The Kier molecular flexibility index (Phi) is 11.2. The van der Waals surface area contributed by atoms with Crippen LogP contribution in [0.1, 0.15) is 32.6 Å². The number of hydrogen-bond acceptors (Lipinski definition) is 8. The SMILES string of the molecule is CCCC(=O)OC(=O)CNC(=O)C(CS)NC(=O)CCC(N)C(=O)O. The van der Waals surface area contributed by atoms with Crippen LogP contribution in [-0.2, 0) is 28.7 Å². The number of carbonyl (C=O) groups is 5. The summed E-state index contributed by atoms with van der Waals surface area (Å²) in [6.07, 6.45) is 0.345. The molecule has 0 bridgehead atoms. The van der Waals surface area contributed by atoms with Crippen LogP contribution in [-0.4, -0.2) is 59.2 Å². The Morgan fingerprint density at radius 1 is 1.16 bits per heavy atom. The molecular formula is C14H23N3O7S. The standard InChI is InChI=1S/C14H23N3O7S/c1-2-3-11(19)24-12(20)6-16-13(21)9(7-25)17-10(18)5-4-8(15)14(22)23/h8-9,25H,2-7,15H2,1H3,(H,16,21)(H,17,18)(H,22,23). The Balaban J connectivity index is 4.29. The van der Waals surface area contributed by atoms with Gasteiger partial charge in [-0.3, -0.25) is 19.2 Å². The number of esters is 2. The van der Waals surface area contributed by atoms with E-state index in [1.54, 1.807) is 6.92 Å². The molecule has 0 aromatic carbocycles. The third-order valence-corrected chi connectivity index (χ3v) is 3.29. The van der Waals surface area contributed by atoms with Crippen molar-refractivity contribution in [2.45, 2.75) is 44.7 Å². The van der Waals surface area contributed by atoms with E-state index in [1.165, 1.54) is 0 Å². The molecule has 0 heterocycles. The molecule has 0 aliphatic carbocycles. The molecule has 0 aliphatic heterocycles. The molecule has 25 heavy (non-hydrogen) atoms. The van der Waals surface area contributed by atoms with Crippen molar-refractivity contribution in [3.8, 4) is 0 Å². The zero-order chi connectivity index (χ0) is 19.4. The van der Waals surface area contributed by atoms with Crippen LogP contribution in [0.3, 0.4) is 0 Å². The normalized spacial score (nSPS) is 12.6. The van der Waals surface area contributed by atoms with Gasteiger partial charge in [0.15, 0.2) is 0 Å². The molecular weight excluding hydrogens is 354 g/mol. The summed E-state index contributed by atoms with van der Waals surface area (Å²) >= 11 is 3.93. The molecule has 0 spiro atoms. The van der Waals surface area contributed by atoms with Crippen molar-refractivity contribution in [3.05, 3.63) is 0 Å². The second-order valence-corrected chi connectivity index (χ2v) is 5.47. The highest BCUT2D eigenvalue weighted by Gasteiger charge is 2.21. The second kappa shape index (κ2) is 12.3. The van der Waals surface area contributed by atoms with E-state index in [-0.39, 0.29) is 25.0 Å². The van der Waals surface area contributed by atoms with E-state index < -0.39 is 48.4 Å². The van der Waals surface area contributed by atoms with E-state index in [0.717, 1.165) is 0 Å². The molecule has 10 nitrogen and oxygen atoms in total. The Morgan fingerprint density at radius 3 is 2.32 bits per heavy atom. The summed E-state index contributed by atoms with van der Waals surface area (Å²) in [4.78, 5) is 56.6. The number of hydrogen-bond donors (Lipinski definition) is 5. The fraction of sp³-hybridized carbons (Fsp3) is 0.643. The number of ether oxygens (including phenoxy) is 1. The molecule has 2 atom stereocenters. The average molecular weight is 377 g/mol. The van der Waals surface area contributed by atoms with Crippen molar-refractivity contribution in [2.75, 3.05) is 12.3 Å². The Hall–Kier alpha value is -2.14. The van der Waals surface area contributed by atoms with Crippen LogP contribution in [0.25, 0.3) is 0 Å². The number of nitrogens with one attached hydrogen (secondary N) is 2. The van der Waals surface area contributed by atoms with Gasteiger partial charge in [-0.1, -0.05) is 6.92 Å². The molecule has 0 saturated heterocycles. The number of thiol groups is 1. The lowest BCUT2D eigenvalue weighted by atomic mass is 10.1. The highest BCUT2D eigenvalue weighted by Crippen LogP contribution is 1.97. The van der Waals surface area contributed by atoms with Gasteiger partial charge in [0.05, 0.1) is 0 Å². The smallest absolute Gasteiger partial charge is 0.333 e. The molecule has 0 aromatic heterocycles. The predicted molar refractivity (Wildman–Crippen MR) is 89.6 cm³/mol. The minimum Gasteiger partial charge on any atom is -0.480 e. The number of carbonyl (C=O) groups excluding carboxylic acids is 4. The lowest BCUT2D eigenvalue weighted by Crippen LogP contribution is -2.49. The molecule has 142 valence electrons. The van der Waals surface area contributed by atoms with E-state index in [9.17, 15) is 24.0 Å². The zero-order valence-electron chi connectivity index (χ0n) is 13.8. The van der Waals surface area contributed by atoms with Crippen molar-refractivity contribution in [1.29, 1.82) is 0 Å². The summed E-state index contributed by atoms with van der Waals surface area (Å²) in [5.41, 5.74) is 5.28. The van der Waals surface area contributed by atoms with Gasteiger partial charge in [-0.05, 0) is 12.8 Å². The molecule has 2 unspecified atom stereocenters. The average Bonchev–Trinajstić information content (AvgIpc) is 2.55. The molecule has 2 amide bonds. The van der Waals surface area contributed by atoms with Gasteiger partial charge in [0, 0.05) is 18.6 Å². The Labute approximate surface area is 150 Å². The van der Waals surface area contributed by atoms with E-state index >= 15 is 0 Å². The van der Waals surface area contributed by atoms with Gasteiger partial charge < -0.3 is 26.2 Å². The molecule has 0 rings (SSSR count). The first-order valence-electron chi connectivity index (χ1n) is 7.61. The summed E-state index contributed by atoms with van der Waals surface area (Å²) in [6, 6.07) is -2.21. The van der Waals surface area contributed by atoms with E-state index in [4.69, 9.17) is 10.8 Å². The monoisotopic (exact) mass is 377 g/mol. The van der Waals surface area contributed by atoms with Gasteiger partial charge in [0.2, 0.25) is 11.8 Å². The van der Waals surface area contributed by atoms with Crippen LogP contribution in [0.2, 0.25) is 0 Å². The van der Waals surface area contributed by atoms with Crippen molar-refractivity contribution in [1.82, 2.24) is 10.6 Å². The van der Waals surface area contributed by atoms with Crippen LogP contribution in [0.4, 0.5) is 0 Å². The summed E-state index contributed by atoms with van der Waals surface area (Å²) in [6.45, 7) is 1.22. The molecule has 0 saturated carbocycles. The quantitative estimate of drug-likeness (QED) is 0.166. The minimum absolute atomic E-state index is 0.0492. The minimum atomic E-state index is -1.23. The van der Waals surface area contributed by atoms with Gasteiger partial charge >= 0.3 is 17.9 Å². The maximum Gasteiger partial charge on any atom is 0.333 e. The maximum absolute atomic E-state index is 11.9. The first-order chi connectivity index (χ1) is 11.7. The molecule has 0 aromatic rings. The van der Waals surface area contributed by atoms with Crippen LogP contribution in [0.15, 0.2) is 0 Å². The zero-order valence-corrected chi connectivity index (χ0v) is 14.7. The fourth-order valence-corrected chi connectivity index (χ4v) is 1.83. The summed E-state index contributed by atoms with van der Waals surface area (Å²) in [5, 5.41) is 13.2. The number of carboxylic acid groups (broad SMARTS) is 1. The molecule has 0 fully saturated rings. The van der Waals surface area contributed by atoms with Crippen LogP contribution >= 0.6 is 12.6 Å². The van der Waals surface area contributed by atoms with Crippen molar-refractivity contribution in [2.24, 2.45) is 5.73 Å². The second-order valence-electron chi connectivity index (χ2n) is 5.10. The first kappa shape index (κ1) is 22.9. The van der Waals surface area contributed by atoms with E-state index in [1.807, 2.05) is 0 Å². The van der Waals surface area contributed by atoms with Crippen molar-refractivity contribution >= 4 is 42.4 Å². The highest BCUT2D eigenvalue weighted by atomic mass is 32.1. The van der Waals surface area contributed by atoms with Crippen LogP contribution in [0, 0.1) is 0 Å². The summed E-state index contributed by atoms with van der Waals surface area (Å²) < 4.78 is 4.45. The molecule has 0 aliphatic rings. The summed E-state index contributed by atoms with van der Waals surface area (Å²) in [5.74, 6) is -4.14. The van der Waals surface area contributed by atoms with Crippen LogP contribution in [0.5, 0.6) is 0 Å². The number of amides is 2. The van der Waals surface area contributed by atoms with Gasteiger partial charge in [0.25, 0.3) is 0 Å². The van der Waals surface area contributed by atoms with Crippen molar-refractivity contribution < 1.29 is 33.8 Å². The molecule has 5 N–H and O–H groups in total. The third-order valence-electron chi connectivity index (χ3n) is 2.92. The topological polar surface area (TPSA) is 165 Å². The van der Waals surface area contributed by atoms with Crippen molar-refractivity contribution in [3.63, 3.8) is 0 Å². The predicted octanol–water partition coefficient (Wildman–Crippen LogP) is -1.42. The van der Waals surface area contributed by atoms with E-state index in [2.05, 4.69) is 28.0 Å². The molecule has 0 radical (unpaired) electrons. The summed E-state index contributed by atoms with van der Waals surface area (Å²) in [7, 11) is 0. The fourth-order valence-electron chi connectivity index (χ4n) is 1.57. The van der Waals surface area contributed by atoms with E-state index in [0.29, 0.717) is 6.42 Å². The lowest BCUT2D eigenvalue weighted by Gasteiger charge is -2.16. The first-order valence-corrected chi connectivity index (χ1v) is 8.24. The van der Waals surface area contributed by atoms with Gasteiger partial charge in [-0.2, -0.15) is 12.6 Å². The largest absolute Gasteiger partial charge is 0.480 e. The number of rotatable bonds is 11.